The fraction of sp³-hybridized carbons (Fsp3) is 0.737. The normalized spacial score (nSPS) is 20.0. The van der Waals surface area contributed by atoms with Gasteiger partial charge < -0.3 is 15.4 Å². The molecule has 1 aromatic heterocycles. The van der Waals surface area contributed by atoms with Crippen LogP contribution >= 0.6 is 35.3 Å². The number of morpholine rings is 1. The summed E-state index contributed by atoms with van der Waals surface area (Å²) in [6.07, 6.45) is 0.219. The first-order valence-electron chi connectivity index (χ1n) is 9.70. The molecule has 2 rings (SSSR count). The zero-order valence-electron chi connectivity index (χ0n) is 18.0. The topological polar surface area (TPSA) is 83.0 Å². The minimum Gasteiger partial charge on any atom is -0.376 e. The minimum atomic E-state index is -3.16. The Morgan fingerprint density at radius 2 is 2.14 bits per heavy atom. The summed E-state index contributed by atoms with van der Waals surface area (Å²) >= 11 is 1.75. The highest BCUT2D eigenvalue weighted by Gasteiger charge is 2.29. The maximum absolute atomic E-state index is 12.3. The van der Waals surface area contributed by atoms with E-state index in [4.69, 9.17) is 4.74 Å². The maximum Gasteiger partial charge on any atom is 0.191 e. The summed E-state index contributed by atoms with van der Waals surface area (Å²) in [5.41, 5.74) is 0. The molecule has 2 N–H and O–H groups in total. The number of thiophene rings is 1. The van der Waals surface area contributed by atoms with Gasteiger partial charge in [-0.25, -0.2) is 8.42 Å². The number of hydrogen-bond donors (Lipinski definition) is 2. The van der Waals surface area contributed by atoms with Crippen molar-refractivity contribution in [2.75, 3.05) is 45.6 Å². The minimum absolute atomic E-state index is 0. The van der Waals surface area contributed by atoms with Crippen LogP contribution in [0.2, 0.25) is 0 Å². The first-order chi connectivity index (χ1) is 13.1. The molecule has 29 heavy (non-hydrogen) atoms. The number of rotatable bonds is 7. The van der Waals surface area contributed by atoms with Crippen LogP contribution < -0.4 is 10.6 Å². The molecule has 10 heteroatoms. The third kappa shape index (κ3) is 7.97. The van der Waals surface area contributed by atoms with E-state index in [1.807, 2.05) is 0 Å². The van der Waals surface area contributed by atoms with E-state index < -0.39 is 14.6 Å². The Labute approximate surface area is 196 Å². The van der Waals surface area contributed by atoms with Crippen LogP contribution in [0.4, 0.5) is 0 Å². The third-order valence-corrected chi connectivity index (χ3v) is 8.45. The number of nitrogens with zero attached hydrogens (tertiary/aromatic N) is 2. The Balaban J connectivity index is 0.00000420. The predicted octanol–water partition coefficient (Wildman–Crippen LogP) is 2.51. The highest BCUT2D eigenvalue weighted by Crippen LogP contribution is 2.26. The number of ether oxygens (including phenoxy) is 1. The Bertz CT molecular complexity index is 733. The molecular weight excluding hydrogens is 523 g/mol. The van der Waals surface area contributed by atoms with Crippen molar-refractivity contribution < 1.29 is 13.2 Å². The molecule has 0 radical (unpaired) electrons. The molecule has 2 unspecified atom stereocenters. The molecule has 2 atom stereocenters. The summed E-state index contributed by atoms with van der Waals surface area (Å²) in [6.45, 7) is 10.8. The Hall–Kier alpha value is -0.430. The quantitative estimate of drug-likeness (QED) is 0.304. The van der Waals surface area contributed by atoms with Gasteiger partial charge in [-0.05, 0) is 39.1 Å². The van der Waals surface area contributed by atoms with E-state index in [0.717, 1.165) is 19.7 Å². The molecule has 1 fully saturated rings. The van der Waals surface area contributed by atoms with Crippen molar-refractivity contribution in [3.8, 4) is 0 Å². The molecule has 0 bridgehead atoms. The van der Waals surface area contributed by atoms with Crippen molar-refractivity contribution in [2.24, 2.45) is 4.99 Å². The van der Waals surface area contributed by atoms with Gasteiger partial charge in [0.1, 0.15) is 0 Å². The van der Waals surface area contributed by atoms with Crippen LogP contribution in [0.5, 0.6) is 0 Å². The first-order valence-corrected chi connectivity index (χ1v) is 12.2. The Morgan fingerprint density at radius 3 is 2.69 bits per heavy atom. The first kappa shape index (κ1) is 26.6. The lowest BCUT2D eigenvalue weighted by atomic mass is 10.1. The van der Waals surface area contributed by atoms with E-state index in [-0.39, 0.29) is 41.9 Å². The van der Waals surface area contributed by atoms with Crippen molar-refractivity contribution >= 4 is 51.1 Å². The van der Waals surface area contributed by atoms with E-state index in [1.54, 1.807) is 39.2 Å². The summed E-state index contributed by atoms with van der Waals surface area (Å²) < 4.78 is 29.5. The summed E-state index contributed by atoms with van der Waals surface area (Å²) in [5, 5.41) is 8.59. The summed E-state index contributed by atoms with van der Waals surface area (Å²) in [4.78, 5) is 7.98. The van der Waals surface area contributed by atoms with Gasteiger partial charge in [0.2, 0.25) is 0 Å². The van der Waals surface area contributed by atoms with E-state index in [9.17, 15) is 8.42 Å². The zero-order valence-corrected chi connectivity index (χ0v) is 21.9. The highest BCUT2D eigenvalue weighted by molar-refractivity contribution is 14.0. The monoisotopic (exact) mass is 558 g/mol. The van der Waals surface area contributed by atoms with Crippen LogP contribution in [0.3, 0.4) is 0 Å². The number of halogens is 1. The summed E-state index contributed by atoms with van der Waals surface area (Å²) in [5.74, 6) is 0.693. The van der Waals surface area contributed by atoms with E-state index in [2.05, 4.69) is 45.0 Å². The summed E-state index contributed by atoms with van der Waals surface area (Å²) in [7, 11) is -1.46. The van der Waals surface area contributed by atoms with Crippen molar-refractivity contribution in [1.82, 2.24) is 15.5 Å². The second-order valence-electron chi connectivity index (χ2n) is 8.02. The van der Waals surface area contributed by atoms with Crippen molar-refractivity contribution in [2.45, 2.75) is 44.6 Å². The standard InChI is InChI=1S/C19H34N4O3S2.HI/c1-15-14-23(9-10-26-15)16(17-7-6-11-27-17)13-22-18(20-5)21-8-12-28(24,25)19(2,3)4;/h6-7,11,15-16H,8-10,12-14H2,1-5H3,(H2,20,21,22);1H. The van der Waals surface area contributed by atoms with Gasteiger partial charge in [-0.2, -0.15) is 0 Å². The van der Waals surface area contributed by atoms with Crippen LogP contribution in [0, 0.1) is 0 Å². The van der Waals surface area contributed by atoms with Gasteiger partial charge in [-0.3, -0.25) is 9.89 Å². The largest absolute Gasteiger partial charge is 0.376 e. The Morgan fingerprint density at radius 1 is 1.41 bits per heavy atom. The van der Waals surface area contributed by atoms with Crippen LogP contribution in [-0.4, -0.2) is 75.7 Å². The molecule has 2 heterocycles. The van der Waals surface area contributed by atoms with Gasteiger partial charge in [-0.1, -0.05) is 6.07 Å². The second kappa shape index (κ2) is 11.8. The average molecular weight is 559 g/mol. The van der Waals surface area contributed by atoms with E-state index >= 15 is 0 Å². The van der Waals surface area contributed by atoms with Gasteiger partial charge in [-0.15, -0.1) is 35.3 Å². The van der Waals surface area contributed by atoms with E-state index in [1.165, 1.54) is 4.88 Å². The summed E-state index contributed by atoms with van der Waals surface area (Å²) in [6, 6.07) is 4.45. The van der Waals surface area contributed by atoms with Crippen LogP contribution in [-0.2, 0) is 14.6 Å². The molecule has 0 saturated carbocycles. The van der Waals surface area contributed by atoms with Crippen molar-refractivity contribution in [1.29, 1.82) is 0 Å². The molecule has 1 saturated heterocycles. The number of hydrogen-bond acceptors (Lipinski definition) is 6. The smallest absolute Gasteiger partial charge is 0.191 e. The number of sulfone groups is 1. The SMILES string of the molecule is CN=C(NCCS(=O)(=O)C(C)(C)C)NCC(c1cccs1)N1CCOC(C)C1.I. The van der Waals surface area contributed by atoms with Crippen LogP contribution in [0.1, 0.15) is 38.6 Å². The molecule has 0 aliphatic carbocycles. The Kier molecular flexibility index (Phi) is 10.8. The van der Waals surface area contributed by atoms with Gasteiger partial charge in [0, 0.05) is 38.1 Å². The molecule has 168 valence electrons. The van der Waals surface area contributed by atoms with Crippen LogP contribution in [0.15, 0.2) is 22.5 Å². The number of guanidine groups is 1. The number of nitrogens with one attached hydrogen (secondary N) is 2. The fourth-order valence-corrected chi connectivity index (χ4v) is 4.89. The van der Waals surface area contributed by atoms with Gasteiger partial charge >= 0.3 is 0 Å². The molecule has 0 spiro atoms. The zero-order chi connectivity index (χ0) is 20.8. The molecule has 1 aromatic rings. The highest BCUT2D eigenvalue weighted by atomic mass is 127. The van der Waals surface area contributed by atoms with Crippen LogP contribution in [0.25, 0.3) is 0 Å². The third-order valence-electron chi connectivity index (χ3n) is 4.87. The molecule has 0 aromatic carbocycles. The maximum atomic E-state index is 12.3. The van der Waals surface area contributed by atoms with Gasteiger partial charge in [0.05, 0.1) is 29.3 Å². The predicted molar refractivity (Wildman–Crippen MR) is 132 cm³/mol. The molecule has 1 aliphatic rings. The molecule has 7 nitrogen and oxygen atoms in total. The lowest BCUT2D eigenvalue weighted by molar-refractivity contribution is -0.0334. The second-order valence-corrected chi connectivity index (χ2v) is 11.9. The van der Waals surface area contributed by atoms with Crippen molar-refractivity contribution in [3.05, 3.63) is 22.4 Å². The van der Waals surface area contributed by atoms with Gasteiger partial charge in [0.25, 0.3) is 0 Å². The van der Waals surface area contributed by atoms with E-state index in [0.29, 0.717) is 19.0 Å². The van der Waals surface area contributed by atoms with Gasteiger partial charge in [0.15, 0.2) is 15.8 Å². The molecular formula is C19H35IN4O3S2. The lowest BCUT2D eigenvalue weighted by Gasteiger charge is -2.37. The lowest BCUT2D eigenvalue weighted by Crippen LogP contribution is -2.48. The number of aliphatic imine (C=N–C) groups is 1. The molecule has 0 amide bonds. The average Bonchev–Trinajstić information content (AvgIpc) is 3.13. The molecule has 1 aliphatic heterocycles. The fourth-order valence-electron chi connectivity index (χ4n) is 3.04. The van der Waals surface area contributed by atoms with Crippen molar-refractivity contribution in [3.63, 3.8) is 0 Å².